The molecule has 0 unspecified atom stereocenters. The minimum atomic E-state index is -0.291. The molecule has 2 aromatic rings. The predicted octanol–water partition coefficient (Wildman–Crippen LogP) is 2.67. The fraction of sp³-hybridized carbons (Fsp3) is 0.364. The quantitative estimate of drug-likeness (QED) is 0.498. The van der Waals surface area contributed by atoms with E-state index in [1.54, 1.807) is 18.2 Å². The Balaban J connectivity index is 1.26. The normalized spacial score (nSPS) is 14.4. The number of carbonyl (C=O) groups is 2. The van der Waals surface area contributed by atoms with E-state index in [-0.39, 0.29) is 24.1 Å². The van der Waals surface area contributed by atoms with Gasteiger partial charge in [-0.3, -0.25) is 25.3 Å². The maximum absolute atomic E-state index is 13.5. The molecule has 2 aromatic carbocycles. The van der Waals surface area contributed by atoms with Crippen molar-refractivity contribution in [1.82, 2.24) is 15.8 Å². The van der Waals surface area contributed by atoms with Crippen LogP contribution in [0.3, 0.4) is 0 Å². The molecule has 0 radical (unpaired) electrons. The summed E-state index contributed by atoms with van der Waals surface area (Å²) in [5.41, 5.74) is 6.11. The molecule has 0 saturated carbocycles. The molecule has 0 aliphatic carbocycles. The maximum atomic E-state index is 13.5. The summed E-state index contributed by atoms with van der Waals surface area (Å²) in [5, 5.41) is 0. The van der Waals surface area contributed by atoms with Crippen LogP contribution in [0.15, 0.2) is 59.5 Å². The number of hydrogen-bond acceptors (Lipinski definition) is 5. The van der Waals surface area contributed by atoms with Crippen LogP contribution in [0, 0.1) is 5.82 Å². The van der Waals surface area contributed by atoms with Gasteiger partial charge in [0.2, 0.25) is 11.8 Å². The van der Waals surface area contributed by atoms with E-state index in [0.29, 0.717) is 23.6 Å². The number of halogens is 1. The zero-order chi connectivity index (χ0) is 21.2. The molecule has 3 rings (SSSR count). The van der Waals surface area contributed by atoms with Crippen molar-refractivity contribution in [2.75, 3.05) is 43.4 Å². The van der Waals surface area contributed by atoms with Crippen molar-refractivity contribution in [3.63, 3.8) is 0 Å². The summed E-state index contributed by atoms with van der Waals surface area (Å²) >= 11 is 1.28. The number of benzene rings is 2. The molecule has 1 saturated heterocycles. The summed E-state index contributed by atoms with van der Waals surface area (Å²) in [6, 6.07) is 16.8. The fourth-order valence-electron chi connectivity index (χ4n) is 3.21. The number of piperazine rings is 1. The lowest BCUT2D eigenvalue weighted by Gasteiger charge is -2.36. The monoisotopic (exact) mass is 430 g/mol. The first-order chi connectivity index (χ1) is 14.6. The standard InChI is InChI=1S/C22H27FN4O2S/c23-19-8-4-5-9-20(19)30-17-11-22(29)25-24-21(28)10-12-26-13-15-27(16-14-26)18-6-2-1-3-7-18/h1-9H,10-17H2,(H,24,28)(H,25,29). The zero-order valence-corrected chi connectivity index (χ0v) is 17.7. The van der Waals surface area contributed by atoms with Crippen LogP contribution in [0.2, 0.25) is 0 Å². The number of carbonyl (C=O) groups excluding carboxylic acids is 2. The summed E-state index contributed by atoms with van der Waals surface area (Å²) < 4.78 is 13.5. The Labute approximate surface area is 180 Å². The van der Waals surface area contributed by atoms with Gasteiger partial charge in [-0.2, -0.15) is 0 Å². The fourth-order valence-corrected chi connectivity index (χ4v) is 4.10. The number of hydrogen-bond donors (Lipinski definition) is 2. The molecule has 1 fully saturated rings. The number of anilines is 1. The molecule has 30 heavy (non-hydrogen) atoms. The second kappa shape index (κ2) is 11.6. The van der Waals surface area contributed by atoms with Gasteiger partial charge in [-0.05, 0) is 24.3 Å². The van der Waals surface area contributed by atoms with Crippen molar-refractivity contribution in [3.8, 4) is 0 Å². The van der Waals surface area contributed by atoms with E-state index < -0.39 is 0 Å². The van der Waals surface area contributed by atoms with Crippen LogP contribution in [0.4, 0.5) is 10.1 Å². The van der Waals surface area contributed by atoms with Gasteiger partial charge in [0.25, 0.3) is 0 Å². The molecule has 1 heterocycles. The lowest BCUT2D eigenvalue weighted by atomic mass is 10.2. The molecule has 1 aliphatic rings. The highest BCUT2D eigenvalue weighted by Gasteiger charge is 2.17. The van der Waals surface area contributed by atoms with Gasteiger partial charge in [-0.1, -0.05) is 30.3 Å². The van der Waals surface area contributed by atoms with Crippen LogP contribution < -0.4 is 15.8 Å². The molecule has 2 amide bonds. The highest BCUT2D eigenvalue weighted by atomic mass is 32.2. The topological polar surface area (TPSA) is 64.7 Å². The van der Waals surface area contributed by atoms with Crippen molar-refractivity contribution in [2.24, 2.45) is 0 Å². The van der Waals surface area contributed by atoms with Crippen molar-refractivity contribution in [2.45, 2.75) is 17.7 Å². The van der Waals surface area contributed by atoms with Crippen molar-refractivity contribution in [1.29, 1.82) is 0 Å². The molecular formula is C22H27FN4O2S. The predicted molar refractivity (Wildman–Crippen MR) is 118 cm³/mol. The Hall–Kier alpha value is -2.58. The largest absolute Gasteiger partial charge is 0.369 e. The highest BCUT2D eigenvalue weighted by Crippen LogP contribution is 2.21. The van der Waals surface area contributed by atoms with Gasteiger partial charge >= 0.3 is 0 Å². The molecule has 0 bridgehead atoms. The number of para-hydroxylation sites is 1. The number of thioether (sulfide) groups is 1. The summed E-state index contributed by atoms with van der Waals surface area (Å²) in [7, 11) is 0. The first-order valence-electron chi connectivity index (χ1n) is 10.1. The molecule has 0 atom stereocenters. The molecule has 8 heteroatoms. The van der Waals surface area contributed by atoms with Crippen LogP contribution in [-0.2, 0) is 9.59 Å². The van der Waals surface area contributed by atoms with Crippen molar-refractivity contribution in [3.05, 3.63) is 60.4 Å². The molecule has 6 nitrogen and oxygen atoms in total. The van der Waals surface area contributed by atoms with Crippen LogP contribution >= 0.6 is 11.8 Å². The van der Waals surface area contributed by atoms with E-state index in [9.17, 15) is 14.0 Å². The van der Waals surface area contributed by atoms with E-state index in [4.69, 9.17) is 0 Å². The number of nitrogens with one attached hydrogen (secondary N) is 2. The Morgan fingerprint density at radius 2 is 1.50 bits per heavy atom. The van der Waals surface area contributed by atoms with Crippen LogP contribution in [0.5, 0.6) is 0 Å². The summed E-state index contributed by atoms with van der Waals surface area (Å²) in [6.45, 7) is 4.33. The van der Waals surface area contributed by atoms with E-state index >= 15 is 0 Å². The number of amides is 2. The summed E-state index contributed by atoms with van der Waals surface area (Å²) in [6.07, 6.45) is 0.524. The van der Waals surface area contributed by atoms with Gasteiger partial charge in [0.1, 0.15) is 5.82 Å². The van der Waals surface area contributed by atoms with Gasteiger partial charge in [0.15, 0.2) is 0 Å². The minimum Gasteiger partial charge on any atom is -0.369 e. The first kappa shape index (κ1) is 22.1. The maximum Gasteiger partial charge on any atom is 0.239 e. The Kier molecular flexibility index (Phi) is 8.53. The third-order valence-corrected chi connectivity index (χ3v) is 5.96. The Bertz CT molecular complexity index is 829. The number of hydrazine groups is 1. The van der Waals surface area contributed by atoms with Crippen LogP contribution in [0.25, 0.3) is 0 Å². The molecular weight excluding hydrogens is 403 g/mol. The second-order valence-electron chi connectivity index (χ2n) is 7.04. The lowest BCUT2D eigenvalue weighted by Crippen LogP contribution is -2.48. The van der Waals surface area contributed by atoms with E-state index in [2.05, 4.69) is 32.8 Å². The summed E-state index contributed by atoms with van der Waals surface area (Å²) in [5.74, 6) is -0.353. The van der Waals surface area contributed by atoms with Gasteiger partial charge in [0.05, 0.1) is 0 Å². The summed E-state index contributed by atoms with van der Waals surface area (Å²) in [4.78, 5) is 29.0. The third-order valence-electron chi connectivity index (χ3n) is 4.91. The molecule has 1 aliphatic heterocycles. The SMILES string of the molecule is O=C(CCSc1ccccc1F)NNC(=O)CCN1CCN(c2ccccc2)CC1. The molecule has 160 valence electrons. The highest BCUT2D eigenvalue weighted by molar-refractivity contribution is 7.99. The van der Waals surface area contributed by atoms with E-state index in [1.165, 1.54) is 23.5 Å². The molecule has 2 N–H and O–H groups in total. The lowest BCUT2D eigenvalue weighted by molar-refractivity contribution is -0.128. The number of rotatable bonds is 8. The Morgan fingerprint density at radius 3 is 2.20 bits per heavy atom. The molecule has 0 aromatic heterocycles. The Morgan fingerprint density at radius 1 is 0.867 bits per heavy atom. The second-order valence-corrected chi connectivity index (χ2v) is 8.18. The van der Waals surface area contributed by atoms with Crippen molar-refractivity contribution >= 4 is 29.3 Å². The molecule has 0 spiro atoms. The van der Waals surface area contributed by atoms with Crippen molar-refractivity contribution < 1.29 is 14.0 Å². The van der Waals surface area contributed by atoms with Gasteiger partial charge < -0.3 is 4.90 Å². The van der Waals surface area contributed by atoms with Crippen LogP contribution in [-0.4, -0.2) is 55.2 Å². The smallest absolute Gasteiger partial charge is 0.239 e. The zero-order valence-electron chi connectivity index (χ0n) is 16.9. The van der Waals surface area contributed by atoms with Gasteiger partial charge in [0, 0.05) is 61.9 Å². The minimum absolute atomic E-state index is 0.195. The van der Waals surface area contributed by atoms with Crippen LogP contribution in [0.1, 0.15) is 12.8 Å². The average molecular weight is 431 g/mol. The van der Waals surface area contributed by atoms with E-state index in [1.807, 2.05) is 18.2 Å². The number of nitrogens with zero attached hydrogens (tertiary/aromatic N) is 2. The third kappa shape index (κ3) is 7.03. The van der Waals surface area contributed by atoms with E-state index in [0.717, 1.165) is 26.2 Å². The van der Waals surface area contributed by atoms with Gasteiger partial charge in [-0.25, -0.2) is 4.39 Å². The average Bonchev–Trinajstić information content (AvgIpc) is 2.78. The first-order valence-corrected chi connectivity index (χ1v) is 11.1. The van der Waals surface area contributed by atoms with Gasteiger partial charge in [-0.15, -0.1) is 11.8 Å².